The fourth-order valence-electron chi connectivity index (χ4n) is 1.35. The van der Waals surface area contributed by atoms with Crippen molar-refractivity contribution in [2.45, 2.75) is 19.1 Å². The van der Waals surface area contributed by atoms with Crippen LogP contribution in [0.15, 0.2) is 12.4 Å². The molecule has 0 aliphatic rings. The third kappa shape index (κ3) is 3.45. The summed E-state index contributed by atoms with van der Waals surface area (Å²) in [4.78, 5) is 11.5. The highest BCUT2D eigenvalue weighted by atomic mass is 16.7. The fourth-order valence-corrected chi connectivity index (χ4v) is 1.35. The van der Waals surface area contributed by atoms with E-state index >= 15 is 0 Å². The molecule has 0 saturated heterocycles. The highest BCUT2D eigenvalue weighted by Crippen LogP contribution is 2.04. The molecule has 0 spiro atoms. The van der Waals surface area contributed by atoms with Crippen LogP contribution in [0.1, 0.15) is 12.0 Å². The summed E-state index contributed by atoms with van der Waals surface area (Å²) in [5, 5.41) is 4.02. The lowest BCUT2D eigenvalue weighted by atomic mass is 10.1. The molecule has 0 radical (unpaired) electrons. The smallest absolute Gasteiger partial charge is 0.217 e. The van der Waals surface area contributed by atoms with Crippen molar-refractivity contribution in [1.82, 2.24) is 9.78 Å². The van der Waals surface area contributed by atoms with Gasteiger partial charge in [0.05, 0.1) is 6.20 Å². The Morgan fingerprint density at radius 2 is 2.20 bits per heavy atom. The van der Waals surface area contributed by atoms with Crippen molar-refractivity contribution >= 4 is 5.78 Å². The third-order valence-electron chi connectivity index (χ3n) is 2.11. The lowest BCUT2D eigenvalue weighted by Gasteiger charge is -2.10. The number of methoxy groups -OCH3 is 2. The lowest BCUT2D eigenvalue weighted by Crippen LogP contribution is -2.25. The normalized spacial score (nSPS) is 10.9. The molecule has 84 valence electrons. The second-order valence-corrected chi connectivity index (χ2v) is 3.29. The quantitative estimate of drug-likeness (QED) is 0.646. The maximum Gasteiger partial charge on any atom is 0.217 e. The molecular weight excluding hydrogens is 196 g/mol. The lowest BCUT2D eigenvalue weighted by molar-refractivity contribution is -0.156. The van der Waals surface area contributed by atoms with E-state index in [0.717, 1.165) is 5.56 Å². The summed E-state index contributed by atoms with van der Waals surface area (Å²) in [5.74, 6) is -0.0520. The van der Waals surface area contributed by atoms with E-state index < -0.39 is 6.29 Å². The van der Waals surface area contributed by atoms with Gasteiger partial charge in [-0.15, -0.1) is 0 Å². The number of ether oxygens (including phenoxy) is 2. The molecule has 15 heavy (non-hydrogen) atoms. The molecule has 1 heterocycles. The average molecular weight is 212 g/mol. The number of ketones is 1. The monoisotopic (exact) mass is 212 g/mol. The van der Waals surface area contributed by atoms with E-state index in [-0.39, 0.29) is 5.78 Å². The number of Topliss-reactive ketones (excluding diaryl/α,β-unsaturated/α-hetero) is 1. The molecule has 0 N–H and O–H groups in total. The summed E-state index contributed by atoms with van der Waals surface area (Å²) in [6.45, 7) is 0. The summed E-state index contributed by atoms with van der Waals surface area (Å²) < 4.78 is 11.4. The standard InChI is InChI=1S/C10H16N2O3/c1-12-7-8(6-11-12)4-5-9(13)10(14-2)15-3/h6-7,10H,4-5H2,1-3H3. The number of aryl methyl sites for hydroxylation is 2. The first kappa shape index (κ1) is 11.9. The molecule has 0 aliphatic carbocycles. The van der Waals surface area contributed by atoms with Crippen LogP contribution in [0.3, 0.4) is 0 Å². The van der Waals surface area contributed by atoms with Gasteiger partial charge < -0.3 is 9.47 Å². The van der Waals surface area contributed by atoms with Crippen molar-refractivity contribution < 1.29 is 14.3 Å². The van der Waals surface area contributed by atoms with Crippen molar-refractivity contribution in [3.8, 4) is 0 Å². The Labute approximate surface area is 89.0 Å². The van der Waals surface area contributed by atoms with E-state index in [1.165, 1.54) is 14.2 Å². The Morgan fingerprint density at radius 1 is 1.53 bits per heavy atom. The van der Waals surface area contributed by atoms with Gasteiger partial charge in [0.15, 0.2) is 5.78 Å². The second kappa shape index (κ2) is 5.63. The highest BCUT2D eigenvalue weighted by Gasteiger charge is 2.16. The largest absolute Gasteiger partial charge is 0.349 e. The Kier molecular flexibility index (Phi) is 4.45. The van der Waals surface area contributed by atoms with Gasteiger partial charge in [-0.1, -0.05) is 0 Å². The predicted molar refractivity (Wildman–Crippen MR) is 54.3 cm³/mol. The van der Waals surface area contributed by atoms with E-state index in [1.54, 1.807) is 10.9 Å². The Bertz CT molecular complexity index is 318. The number of hydrogen-bond acceptors (Lipinski definition) is 4. The van der Waals surface area contributed by atoms with E-state index in [2.05, 4.69) is 5.10 Å². The minimum Gasteiger partial charge on any atom is -0.349 e. The minimum atomic E-state index is -0.748. The molecule has 1 aromatic rings. The van der Waals surface area contributed by atoms with Crippen LogP contribution in [-0.4, -0.2) is 36.1 Å². The zero-order chi connectivity index (χ0) is 11.3. The molecule has 0 fully saturated rings. The van der Waals surface area contributed by atoms with Gasteiger partial charge in [0, 0.05) is 33.9 Å². The number of nitrogens with zero attached hydrogens (tertiary/aromatic N) is 2. The summed E-state index contributed by atoms with van der Waals surface area (Å²) in [6.07, 6.45) is 3.96. The van der Waals surface area contributed by atoms with Crippen molar-refractivity contribution in [3.63, 3.8) is 0 Å². The molecule has 5 nitrogen and oxygen atoms in total. The zero-order valence-corrected chi connectivity index (χ0v) is 9.27. The molecular formula is C10H16N2O3. The van der Waals surface area contributed by atoms with Gasteiger partial charge in [-0.2, -0.15) is 5.10 Å². The van der Waals surface area contributed by atoms with Crippen molar-refractivity contribution in [2.75, 3.05) is 14.2 Å². The maximum absolute atomic E-state index is 11.5. The van der Waals surface area contributed by atoms with Crippen molar-refractivity contribution in [2.24, 2.45) is 7.05 Å². The molecule has 1 rings (SSSR count). The van der Waals surface area contributed by atoms with Crippen LogP contribution >= 0.6 is 0 Å². The van der Waals surface area contributed by atoms with Gasteiger partial charge in [0.25, 0.3) is 0 Å². The molecule has 0 amide bonds. The summed E-state index contributed by atoms with van der Waals surface area (Å²) in [7, 11) is 4.75. The Balaban J connectivity index is 2.40. The first-order valence-electron chi connectivity index (χ1n) is 4.73. The average Bonchev–Trinajstić information content (AvgIpc) is 2.63. The van der Waals surface area contributed by atoms with E-state index in [9.17, 15) is 4.79 Å². The van der Waals surface area contributed by atoms with Gasteiger partial charge in [-0.3, -0.25) is 9.48 Å². The van der Waals surface area contributed by atoms with E-state index in [4.69, 9.17) is 9.47 Å². The number of carbonyl (C=O) groups is 1. The molecule has 0 aliphatic heterocycles. The molecule has 0 atom stereocenters. The topological polar surface area (TPSA) is 53.4 Å². The summed E-state index contributed by atoms with van der Waals surface area (Å²) in [5.41, 5.74) is 1.04. The van der Waals surface area contributed by atoms with Crippen molar-refractivity contribution in [3.05, 3.63) is 18.0 Å². The summed E-state index contributed by atoms with van der Waals surface area (Å²) in [6, 6.07) is 0. The van der Waals surface area contributed by atoms with Crippen LogP contribution in [0, 0.1) is 0 Å². The van der Waals surface area contributed by atoms with Gasteiger partial charge in [0.1, 0.15) is 0 Å². The van der Waals surface area contributed by atoms with Crippen LogP contribution in [0.2, 0.25) is 0 Å². The van der Waals surface area contributed by atoms with Crippen LogP contribution in [0.25, 0.3) is 0 Å². The molecule has 0 unspecified atom stereocenters. The SMILES string of the molecule is COC(OC)C(=O)CCc1cnn(C)c1. The van der Waals surface area contributed by atoms with Crippen LogP contribution in [-0.2, 0) is 27.7 Å². The van der Waals surface area contributed by atoms with E-state index in [1.807, 2.05) is 13.2 Å². The summed E-state index contributed by atoms with van der Waals surface area (Å²) >= 11 is 0. The van der Waals surface area contributed by atoms with Gasteiger partial charge in [0.2, 0.25) is 6.29 Å². The number of rotatable bonds is 6. The maximum atomic E-state index is 11.5. The highest BCUT2D eigenvalue weighted by molar-refractivity contribution is 5.81. The number of hydrogen-bond donors (Lipinski definition) is 0. The first-order chi connectivity index (χ1) is 7.17. The first-order valence-corrected chi connectivity index (χ1v) is 4.73. The van der Waals surface area contributed by atoms with Crippen LogP contribution in [0.4, 0.5) is 0 Å². The van der Waals surface area contributed by atoms with Crippen LogP contribution in [0.5, 0.6) is 0 Å². The Morgan fingerprint density at radius 3 is 2.67 bits per heavy atom. The molecule has 0 saturated carbocycles. The van der Waals surface area contributed by atoms with Crippen molar-refractivity contribution in [1.29, 1.82) is 0 Å². The zero-order valence-electron chi connectivity index (χ0n) is 9.27. The third-order valence-corrected chi connectivity index (χ3v) is 2.11. The number of carbonyl (C=O) groups excluding carboxylic acids is 1. The van der Waals surface area contributed by atoms with Gasteiger partial charge >= 0.3 is 0 Å². The van der Waals surface area contributed by atoms with Crippen LogP contribution < -0.4 is 0 Å². The number of aromatic nitrogens is 2. The predicted octanol–water partition coefficient (Wildman–Crippen LogP) is 0.541. The molecule has 1 aromatic heterocycles. The molecule has 5 heteroatoms. The second-order valence-electron chi connectivity index (χ2n) is 3.29. The molecule has 0 aromatic carbocycles. The minimum absolute atomic E-state index is 0.0520. The molecule has 0 bridgehead atoms. The fraction of sp³-hybridized carbons (Fsp3) is 0.600. The van der Waals surface area contributed by atoms with Gasteiger partial charge in [-0.05, 0) is 12.0 Å². The van der Waals surface area contributed by atoms with E-state index in [0.29, 0.717) is 12.8 Å². The van der Waals surface area contributed by atoms with Gasteiger partial charge in [-0.25, -0.2) is 0 Å². The Hall–Kier alpha value is -1.20.